The van der Waals surface area contributed by atoms with Gasteiger partial charge < -0.3 is 29.0 Å². The first kappa shape index (κ1) is 42.8. The number of hydrogen-bond acceptors (Lipinski definition) is 8. The van der Waals surface area contributed by atoms with Crippen molar-refractivity contribution < 1.29 is 33.6 Å². The number of aromatic hydroxyl groups is 1. The first-order valence-corrected chi connectivity index (χ1v) is 20.5. The summed E-state index contributed by atoms with van der Waals surface area (Å²) in [6.07, 6.45) is -0.989. The van der Waals surface area contributed by atoms with Crippen LogP contribution in [0.15, 0.2) is 158 Å². The number of ether oxygens (including phenoxy) is 4. The molecule has 8 heteroatoms. The van der Waals surface area contributed by atoms with E-state index in [0.29, 0.717) is 5.75 Å². The highest BCUT2D eigenvalue weighted by Crippen LogP contribution is 2.43. The summed E-state index contributed by atoms with van der Waals surface area (Å²) in [6.45, 7) is 13.6. The van der Waals surface area contributed by atoms with E-state index in [9.17, 15) is 14.7 Å². The average Bonchev–Trinajstić information content (AvgIpc) is 3.26. The number of hydrogen-bond donors (Lipinski definition) is 1. The van der Waals surface area contributed by atoms with Gasteiger partial charge >= 0.3 is 12.1 Å². The lowest BCUT2D eigenvalue weighted by Gasteiger charge is -2.33. The van der Waals surface area contributed by atoms with Crippen LogP contribution in [0.4, 0.5) is 21.9 Å². The van der Waals surface area contributed by atoms with Crippen molar-refractivity contribution in [2.24, 2.45) is 0 Å². The third-order valence-corrected chi connectivity index (χ3v) is 11.6. The van der Waals surface area contributed by atoms with E-state index in [1.165, 1.54) is 18.1 Å². The number of carbonyl (C=O) groups is 2. The van der Waals surface area contributed by atoms with Gasteiger partial charge in [-0.3, -0.25) is 4.79 Å². The lowest BCUT2D eigenvalue weighted by Crippen LogP contribution is -2.25. The fourth-order valence-electron chi connectivity index (χ4n) is 7.73. The number of carbonyl (C=O) groups excluding carboxylic acids is 2. The van der Waals surface area contributed by atoms with E-state index in [1.54, 1.807) is 43.5 Å². The zero-order valence-corrected chi connectivity index (χ0v) is 36.4. The lowest BCUT2D eigenvalue weighted by atomic mass is 9.71. The summed E-state index contributed by atoms with van der Waals surface area (Å²) in [6, 6.07) is 51.6. The maximum atomic E-state index is 13.1. The molecule has 0 saturated heterocycles. The van der Waals surface area contributed by atoms with Gasteiger partial charge in [0.25, 0.3) is 0 Å². The fraction of sp³-hybridized carbons (Fsp3) is 0.185. The van der Waals surface area contributed by atoms with Crippen LogP contribution in [0.5, 0.6) is 28.7 Å². The van der Waals surface area contributed by atoms with Crippen molar-refractivity contribution in [1.82, 2.24) is 0 Å². The molecular weight excluding hydrogens is 775 g/mol. The number of methoxy groups -OCH3 is 1. The van der Waals surface area contributed by atoms with E-state index in [4.69, 9.17) is 18.9 Å². The van der Waals surface area contributed by atoms with Crippen molar-refractivity contribution in [2.45, 2.75) is 59.3 Å². The largest absolute Gasteiger partial charge is 0.519 e. The van der Waals surface area contributed by atoms with Crippen LogP contribution >= 0.6 is 0 Å². The van der Waals surface area contributed by atoms with Crippen LogP contribution in [-0.2, 0) is 15.6 Å². The molecule has 0 aliphatic carbocycles. The molecule has 0 aromatic heterocycles. The standard InChI is InChI=1S/C54H51NO7/c1-35-9-21-44(22-10-35)55(45-23-11-36(2)12-24-45)46-25-13-39(14-26-46)54(7,40-15-27-47(59-8)28-16-40)41-17-29-48(30-18-41)61-52(58)62-51-32-20-43(34-49(51)57)53(5,6)42-19-31-50(37(3)33-42)60-38(4)56/h9-34,57H,1-8H3. The molecule has 7 rings (SSSR count). The van der Waals surface area contributed by atoms with E-state index in [1.807, 2.05) is 57.2 Å². The molecule has 0 aliphatic heterocycles. The second kappa shape index (κ2) is 17.7. The summed E-state index contributed by atoms with van der Waals surface area (Å²) in [4.78, 5) is 26.8. The van der Waals surface area contributed by atoms with Gasteiger partial charge in [-0.2, -0.15) is 0 Å². The Kier molecular flexibility index (Phi) is 12.2. The molecule has 314 valence electrons. The number of rotatable bonds is 12. The average molecular weight is 826 g/mol. The second-order valence-corrected chi connectivity index (χ2v) is 16.3. The number of aryl methyl sites for hydroxylation is 3. The number of nitrogens with zero attached hydrogens (tertiary/aromatic N) is 1. The first-order chi connectivity index (χ1) is 29.6. The van der Waals surface area contributed by atoms with Gasteiger partial charge in [0.05, 0.1) is 7.11 Å². The Morgan fingerprint density at radius 1 is 0.500 bits per heavy atom. The first-order valence-electron chi connectivity index (χ1n) is 20.5. The highest BCUT2D eigenvalue weighted by atomic mass is 16.7. The minimum absolute atomic E-state index is 0.0357. The normalized spacial score (nSPS) is 12.2. The smallest absolute Gasteiger partial charge is 0.504 e. The van der Waals surface area contributed by atoms with Gasteiger partial charge in [-0.15, -0.1) is 0 Å². The highest BCUT2D eigenvalue weighted by molar-refractivity contribution is 5.77. The number of anilines is 3. The summed E-state index contributed by atoms with van der Waals surface area (Å²) >= 11 is 0. The van der Waals surface area contributed by atoms with Crippen LogP contribution in [0.2, 0.25) is 0 Å². The maximum Gasteiger partial charge on any atom is 0.519 e. The number of esters is 1. The van der Waals surface area contributed by atoms with Gasteiger partial charge in [0.2, 0.25) is 0 Å². The van der Waals surface area contributed by atoms with Crippen LogP contribution in [0, 0.1) is 20.8 Å². The minimum Gasteiger partial charge on any atom is -0.504 e. The van der Waals surface area contributed by atoms with E-state index in [2.05, 4.69) is 111 Å². The summed E-state index contributed by atoms with van der Waals surface area (Å²) < 4.78 is 21.9. The fourth-order valence-corrected chi connectivity index (χ4v) is 7.73. The predicted octanol–water partition coefficient (Wildman–Crippen LogP) is 13.0. The molecule has 1 N–H and O–H groups in total. The molecule has 0 heterocycles. The van der Waals surface area contributed by atoms with Crippen molar-refractivity contribution in [3.05, 3.63) is 202 Å². The van der Waals surface area contributed by atoms with Crippen LogP contribution in [-0.4, -0.2) is 24.3 Å². The second-order valence-electron chi connectivity index (χ2n) is 16.3. The molecule has 62 heavy (non-hydrogen) atoms. The van der Waals surface area contributed by atoms with Crippen LogP contribution in [0.3, 0.4) is 0 Å². The van der Waals surface area contributed by atoms with Gasteiger partial charge in [0.1, 0.15) is 17.2 Å². The Labute approximate surface area is 363 Å². The van der Waals surface area contributed by atoms with Crippen molar-refractivity contribution in [3.63, 3.8) is 0 Å². The number of benzene rings is 7. The quantitative estimate of drug-likeness (QED) is 0.0563. The van der Waals surface area contributed by atoms with Crippen LogP contribution < -0.4 is 23.8 Å². The van der Waals surface area contributed by atoms with E-state index in [0.717, 1.165) is 56.2 Å². The number of phenolic OH excluding ortho intramolecular Hbond substituents is 1. The summed E-state index contributed by atoms with van der Waals surface area (Å²) in [5.74, 6) is 0.898. The van der Waals surface area contributed by atoms with Crippen LogP contribution in [0.25, 0.3) is 0 Å². The third kappa shape index (κ3) is 9.05. The molecule has 0 spiro atoms. The SMILES string of the molecule is COc1ccc(C(C)(c2ccc(OC(=O)Oc3ccc(C(C)(C)c4ccc(OC(C)=O)c(C)c4)cc3O)cc2)c2ccc(N(c3ccc(C)cc3)c3ccc(C)cc3)cc2)cc1. The molecule has 7 aromatic carbocycles. The molecular formula is C54H51NO7. The van der Waals surface area contributed by atoms with Gasteiger partial charge in [0.15, 0.2) is 11.5 Å². The lowest BCUT2D eigenvalue weighted by molar-refractivity contribution is -0.131. The van der Waals surface area contributed by atoms with Gasteiger partial charge in [-0.25, -0.2) is 4.79 Å². The molecule has 0 bridgehead atoms. The zero-order valence-electron chi connectivity index (χ0n) is 36.4. The van der Waals surface area contributed by atoms with E-state index < -0.39 is 17.0 Å². The molecule has 0 amide bonds. The van der Waals surface area contributed by atoms with Crippen molar-refractivity contribution in [2.75, 3.05) is 12.0 Å². The Balaban J connectivity index is 1.12. The molecule has 0 radical (unpaired) electrons. The highest BCUT2D eigenvalue weighted by Gasteiger charge is 2.32. The Hall–Kier alpha value is -7.32. The Bertz CT molecular complexity index is 2640. The predicted molar refractivity (Wildman–Crippen MR) is 245 cm³/mol. The molecule has 0 aliphatic rings. The molecule has 1 atom stereocenters. The van der Waals surface area contributed by atoms with Crippen LogP contribution in [0.1, 0.15) is 72.2 Å². The van der Waals surface area contributed by atoms with Crippen molar-refractivity contribution in [1.29, 1.82) is 0 Å². The molecule has 7 aromatic rings. The van der Waals surface area contributed by atoms with Crippen molar-refractivity contribution >= 4 is 29.2 Å². The molecule has 1 unspecified atom stereocenters. The Morgan fingerprint density at radius 3 is 1.37 bits per heavy atom. The maximum absolute atomic E-state index is 13.1. The van der Waals surface area contributed by atoms with E-state index >= 15 is 0 Å². The molecule has 8 nitrogen and oxygen atoms in total. The molecule has 0 fully saturated rings. The van der Waals surface area contributed by atoms with Crippen molar-refractivity contribution in [3.8, 4) is 28.7 Å². The Morgan fingerprint density at radius 2 is 0.919 bits per heavy atom. The minimum atomic E-state index is -0.989. The summed E-state index contributed by atoms with van der Waals surface area (Å²) in [7, 11) is 1.65. The van der Waals surface area contributed by atoms with Gasteiger partial charge in [-0.1, -0.05) is 104 Å². The van der Waals surface area contributed by atoms with E-state index in [-0.39, 0.29) is 23.2 Å². The number of phenols is 1. The third-order valence-electron chi connectivity index (χ3n) is 11.6. The zero-order chi connectivity index (χ0) is 44.2. The van der Waals surface area contributed by atoms with Gasteiger partial charge in [-0.05, 0) is 140 Å². The monoisotopic (exact) mass is 825 g/mol. The molecule has 0 saturated carbocycles. The van der Waals surface area contributed by atoms with Gasteiger partial charge in [0, 0.05) is 34.8 Å². The summed E-state index contributed by atoms with van der Waals surface area (Å²) in [5.41, 5.74) is 10.00. The topological polar surface area (TPSA) is 94.5 Å². The summed E-state index contributed by atoms with van der Waals surface area (Å²) in [5, 5.41) is 11.0.